The summed E-state index contributed by atoms with van der Waals surface area (Å²) in [5, 5.41) is 0.254. The van der Waals surface area contributed by atoms with Gasteiger partial charge in [0.2, 0.25) is 0 Å². The normalized spacial score (nSPS) is 21.2. The lowest BCUT2D eigenvalue weighted by Gasteiger charge is -2.43. The van der Waals surface area contributed by atoms with E-state index in [1.54, 1.807) is 12.1 Å². The number of hydrogen-bond donors (Lipinski definition) is 0. The molecule has 0 saturated carbocycles. The van der Waals surface area contributed by atoms with Crippen molar-refractivity contribution in [3.63, 3.8) is 0 Å². The van der Waals surface area contributed by atoms with Crippen molar-refractivity contribution in [3.05, 3.63) is 26.8 Å². The molecule has 7 heteroatoms. The Balaban J connectivity index is 2.55. The van der Waals surface area contributed by atoms with Crippen LogP contribution in [0.2, 0.25) is 5.02 Å². The SMILES string of the molecule is CC1(C)C(=O)N(c2ccc(I)cc2Cl)S1(=O)=O. The summed E-state index contributed by atoms with van der Waals surface area (Å²) >= 11 is 8.02. The van der Waals surface area contributed by atoms with Gasteiger partial charge in [-0.1, -0.05) is 11.6 Å². The molecule has 1 aliphatic rings. The Labute approximate surface area is 118 Å². The molecule has 1 aliphatic heterocycles. The Morgan fingerprint density at radius 1 is 1.35 bits per heavy atom. The fourth-order valence-corrected chi connectivity index (χ4v) is 4.03. The van der Waals surface area contributed by atoms with Crippen LogP contribution in [0.1, 0.15) is 13.8 Å². The fraction of sp³-hybridized carbons (Fsp3) is 0.300. The van der Waals surface area contributed by atoms with Crippen molar-refractivity contribution in [1.29, 1.82) is 0 Å². The highest BCUT2D eigenvalue weighted by molar-refractivity contribution is 14.1. The van der Waals surface area contributed by atoms with Crippen LogP contribution < -0.4 is 4.31 Å². The first-order valence-electron chi connectivity index (χ1n) is 4.74. The number of benzene rings is 1. The molecule has 1 aromatic rings. The maximum atomic E-state index is 12.0. The maximum absolute atomic E-state index is 12.0. The summed E-state index contributed by atoms with van der Waals surface area (Å²) < 4.78 is 24.2. The number of nitrogens with zero attached hydrogens (tertiary/aromatic N) is 1. The van der Waals surface area contributed by atoms with Crippen molar-refractivity contribution in [3.8, 4) is 0 Å². The van der Waals surface area contributed by atoms with Crippen LogP contribution in [0.3, 0.4) is 0 Å². The van der Waals surface area contributed by atoms with E-state index in [4.69, 9.17) is 11.6 Å². The maximum Gasteiger partial charge on any atom is 0.263 e. The summed E-state index contributed by atoms with van der Waals surface area (Å²) in [6.07, 6.45) is 0. The molecule has 0 aromatic heterocycles. The van der Waals surface area contributed by atoms with Gasteiger partial charge in [0.25, 0.3) is 15.9 Å². The second-order valence-electron chi connectivity index (χ2n) is 4.18. The van der Waals surface area contributed by atoms with Crippen molar-refractivity contribution in [1.82, 2.24) is 0 Å². The van der Waals surface area contributed by atoms with E-state index in [-0.39, 0.29) is 10.7 Å². The number of amides is 1. The lowest BCUT2D eigenvalue weighted by molar-refractivity contribution is -0.120. The summed E-state index contributed by atoms with van der Waals surface area (Å²) in [5.74, 6) is -0.458. The molecular weight excluding hydrogens is 377 g/mol. The van der Waals surface area contributed by atoms with Crippen LogP contribution in [0.4, 0.5) is 5.69 Å². The largest absolute Gasteiger partial charge is 0.272 e. The van der Waals surface area contributed by atoms with Gasteiger partial charge in [-0.15, -0.1) is 0 Å². The van der Waals surface area contributed by atoms with E-state index < -0.39 is 20.7 Å². The monoisotopic (exact) mass is 385 g/mol. The predicted molar refractivity (Wildman–Crippen MR) is 74.7 cm³/mol. The first-order chi connectivity index (χ1) is 7.69. The number of anilines is 1. The van der Waals surface area contributed by atoms with Crippen LogP contribution in [-0.2, 0) is 14.8 Å². The summed E-state index contributed by atoms with van der Waals surface area (Å²) in [4.78, 5) is 11.8. The average molecular weight is 386 g/mol. The molecular formula is C10H9ClINO3S. The molecule has 1 saturated heterocycles. The van der Waals surface area contributed by atoms with Crippen molar-refractivity contribution in [2.24, 2.45) is 0 Å². The zero-order valence-electron chi connectivity index (χ0n) is 9.07. The van der Waals surface area contributed by atoms with Gasteiger partial charge in [-0.3, -0.25) is 4.79 Å². The Kier molecular flexibility index (Phi) is 2.95. The van der Waals surface area contributed by atoms with Gasteiger partial charge >= 0.3 is 0 Å². The molecule has 0 atom stereocenters. The Morgan fingerprint density at radius 2 is 1.94 bits per heavy atom. The molecule has 1 amide bonds. The Hall–Kier alpha value is -0.340. The van der Waals surface area contributed by atoms with Gasteiger partial charge < -0.3 is 0 Å². The first-order valence-corrected chi connectivity index (χ1v) is 7.63. The van der Waals surface area contributed by atoms with Gasteiger partial charge in [-0.05, 0) is 54.6 Å². The number of carbonyl (C=O) groups is 1. The third-order valence-corrected chi connectivity index (χ3v) is 5.99. The summed E-state index contributed by atoms with van der Waals surface area (Å²) in [5.41, 5.74) is 0.219. The van der Waals surface area contributed by atoms with Crippen molar-refractivity contribution < 1.29 is 13.2 Å². The quantitative estimate of drug-likeness (QED) is 0.698. The zero-order chi connectivity index (χ0) is 13.0. The minimum atomic E-state index is -3.64. The summed E-state index contributed by atoms with van der Waals surface area (Å²) in [6.45, 7) is 2.78. The lowest BCUT2D eigenvalue weighted by Crippen LogP contribution is -2.67. The van der Waals surface area contributed by atoms with E-state index in [2.05, 4.69) is 22.6 Å². The zero-order valence-corrected chi connectivity index (χ0v) is 12.8. The van der Waals surface area contributed by atoms with E-state index in [0.717, 1.165) is 7.88 Å². The first kappa shape index (κ1) is 13.1. The average Bonchev–Trinajstić information content (AvgIpc) is 2.21. The third-order valence-electron chi connectivity index (χ3n) is 2.71. The Morgan fingerprint density at radius 3 is 2.41 bits per heavy atom. The van der Waals surface area contributed by atoms with Crippen LogP contribution in [0.5, 0.6) is 0 Å². The topological polar surface area (TPSA) is 54.5 Å². The molecule has 1 aromatic carbocycles. The molecule has 0 N–H and O–H groups in total. The molecule has 0 aliphatic carbocycles. The van der Waals surface area contributed by atoms with Crippen LogP contribution in [0.15, 0.2) is 18.2 Å². The highest BCUT2D eigenvalue weighted by Gasteiger charge is 2.61. The third kappa shape index (κ3) is 1.68. The number of sulfonamides is 1. The molecule has 0 radical (unpaired) electrons. The molecule has 0 spiro atoms. The number of carbonyl (C=O) groups excluding carboxylic acids is 1. The van der Waals surface area contributed by atoms with Gasteiger partial charge in [0, 0.05) is 3.57 Å². The van der Waals surface area contributed by atoms with E-state index >= 15 is 0 Å². The molecule has 2 rings (SSSR count). The molecule has 0 unspecified atom stereocenters. The van der Waals surface area contributed by atoms with Crippen LogP contribution >= 0.6 is 34.2 Å². The van der Waals surface area contributed by atoms with Crippen molar-refractivity contribution in [2.75, 3.05) is 4.31 Å². The molecule has 4 nitrogen and oxygen atoms in total. The lowest BCUT2D eigenvalue weighted by atomic mass is 10.1. The summed E-state index contributed by atoms with van der Waals surface area (Å²) in [7, 11) is -3.64. The van der Waals surface area contributed by atoms with Crippen LogP contribution in [-0.4, -0.2) is 19.1 Å². The minimum Gasteiger partial charge on any atom is -0.272 e. The standard InChI is InChI=1S/C10H9ClINO3S/c1-10(2)9(14)13(17(10,15)16)8-4-3-6(12)5-7(8)11/h3-5H,1-2H3. The van der Waals surface area contributed by atoms with Crippen LogP contribution in [0, 0.1) is 3.57 Å². The second-order valence-corrected chi connectivity index (χ2v) is 8.17. The van der Waals surface area contributed by atoms with Crippen molar-refractivity contribution >= 4 is 55.8 Å². The Bertz CT molecular complexity index is 612. The van der Waals surface area contributed by atoms with E-state index in [9.17, 15) is 13.2 Å². The molecule has 1 fully saturated rings. The molecule has 92 valence electrons. The van der Waals surface area contributed by atoms with Gasteiger partial charge in [0.15, 0.2) is 4.75 Å². The minimum absolute atomic E-state index is 0.219. The van der Waals surface area contributed by atoms with Crippen LogP contribution in [0.25, 0.3) is 0 Å². The number of halogens is 2. The van der Waals surface area contributed by atoms with Gasteiger partial charge in [-0.25, -0.2) is 12.7 Å². The molecule has 0 bridgehead atoms. The smallest absolute Gasteiger partial charge is 0.263 e. The van der Waals surface area contributed by atoms with Gasteiger partial charge in [0.05, 0.1) is 10.7 Å². The predicted octanol–water partition coefficient (Wildman–Crippen LogP) is 2.40. The van der Waals surface area contributed by atoms with Gasteiger partial charge in [0.1, 0.15) is 0 Å². The summed E-state index contributed by atoms with van der Waals surface area (Å²) in [6, 6.07) is 4.86. The van der Waals surface area contributed by atoms with E-state index in [1.165, 1.54) is 19.9 Å². The number of hydrogen-bond acceptors (Lipinski definition) is 3. The van der Waals surface area contributed by atoms with Gasteiger partial charge in [-0.2, -0.15) is 0 Å². The molecule has 1 heterocycles. The van der Waals surface area contributed by atoms with E-state index in [1.807, 2.05) is 0 Å². The van der Waals surface area contributed by atoms with E-state index in [0.29, 0.717) is 0 Å². The highest BCUT2D eigenvalue weighted by atomic mass is 127. The number of rotatable bonds is 1. The van der Waals surface area contributed by atoms with Crippen molar-refractivity contribution in [2.45, 2.75) is 18.6 Å². The fourth-order valence-electron chi connectivity index (χ4n) is 1.54. The molecule has 17 heavy (non-hydrogen) atoms. The highest BCUT2D eigenvalue weighted by Crippen LogP contribution is 2.42. The second kappa shape index (κ2) is 3.83.